The van der Waals surface area contributed by atoms with Gasteiger partial charge in [-0.2, -0.15) is 0 Å². The Hall–Kier alpha value is -2.88. The molecule has 3 rings (SSSR count). The van der Waals surface area contributed by atoms with Gasteiger partial charge in [-0.1, -0.05) is 43.3 Å². The van der Waals surface area contributed by atoms with Gasteiger partial charge in [0.15, 0.2) is 5.82 Å². The standard InChI is InChI=1S/C19H18N2O2/c1-14(13-15-7-5-6-10-17(15)22)18(23)19-20-11-12-21(19)16-8-3-2-4-9-16/h2-12,14,22H,13H2,1H3. The predicted molar refractivity (Wildman–Crippen MR) is 88.9 cm³/mol. The number of para-hydroxylation sites is 2. The maximum Gasteiger partial charge on any atom is 0.201 e. The van der Waals surface area contributed by atoms with Crippen LogP contribution in [0, 0.1) is 5.92 Å². The fraction of sp³-hybridized carbons (Fsp3) is 0.158. The smallest absolute Gasteiger partial charge is 0.201 e. The number of aromatic hydroxyl groups is 1. The maximum atomic E-state index is 12.8. The fourth-order valence-corrected chi connectivity index (χ4v) is 2.61. The number of hydrogen-bond acceptors (Lipinski definition) is 3. The number of phenols is 1. The molecule has 4 heteroatoms. The third-order valence-corrected chi connectivity index (χ3v) is 3.86. The number of phenolic OH excluding ortho intramolecular Hbond substituents is 1. The number of benzene rings is 2. The first-order valence-electron chi connectivity index (χ1n) is 7.56. The Bertz CT molecular complexity index is 809. The molecule has 0 spiro atoms. The topological polar surface area (TPSA) is 55.1 Å². The summed E-state index contributed by atoms with van der Waals surface area (Å²) >= 11 is 0. The van der Waals surface area contributed by atoms with Crippen molar-refractivity contribution in [3.05, 3.63) is 78.4 Å². The van der Waals surface area contributed by atoms with E-state index in [0.29, 0.717) is 12.2 Å². The molecule has 0 amide bonds. The van der Waals surface area contributed by atoms with Crippen LogP contribution in [0.3, 0.4) is 0 Å². The number of carbonyl (C=O) groups excluding carboxylic acids is 1. The van der Waals surface area contributed by atoms with Crippen molar-refractivity contribution in [1.29, 1.82) is 0 Å². The van der Waals surface area contributed by atoms with E-state index in [1.165, 1.54) is 0 Å². The summed E-state index contributed by atoms with van der Waals surface area (Å²) in [5, 5.41) is 9.87. The van der Waals surface area contributed by atoms with Crippen molar-refractivity contribution in [3.63, 3.8) is 0 Å². The molecule has 0 fully saturated rings. The van der Waals surface area contributed by atoms with E-state index in [-0.39, 0.29) is 17.5 Å². The second-order valence-corrected chi connectivity index (χ2v) is 5.55. The Morgan fingerprint density at radius 2 is 1.83 bits per heavy atom. The van der Waals surface area contributed by atoms with Crippen LogP contribution < -0.4 is 0 Å². The highest BCUT2D eigenvalue weighted by molar-refractivity contribution is 5.95. The van der Waals surface area contributed by atoms with Gasteiger partial charge in [-0.25, -0.2) is 4.98 Å². The molecule has 1 aromatic heterocycles. The third-order valence-electron chi connectivity index (χ3n) is 3.86. The lowest BCUT2D eigenvalue weighted by atomic mass is 9.96. The Morgan fingerprint density at radius 1 is 1.13 bits per heavy atom. The summed E-state index contributed by atoms with van der Waals surface area (Å²) in [6.45, 7) is 1.86. The first kappa shape index (κ1) is 15.0. The van der Waals surface area contributed by atoms with Gasteiger partial charge in [-0.05, 0) is 30.2 Å². The van der Waals surface area contributed by atoms with E-state index in [1.54, 1.807) is 29.1 Å². The van der Waals surface area contributed by atoms with Crippen molar-refractivity contribution in [2.75, 3.05) is 0 Å². The van der Waals surface area contributed by atoms with E-state index in [9.17, 15) is 9.90 Å². The molecule has 0 aliphatic rings. The zero-order chi connectivity index (χ0) is 16.2. The normalized spacial score (nSPS) is 12.0. The van der Waals surface area contributed by atoms with Gasteiger partial charge >= 0.3 is 0 Å². The highest BCUT2D eigenvalue weighted by Crippen LogP contribution is 2.22. The molecule has 1 unspecified atom stereocenters. The predicted octanol–water partition coefficient (Wildman–Crippen LogP) is 3.64. The van der Waals surface area contributed by atoms with E-state index in [2.05, 4.69) is 4.98 Å². The molecule has 0 aliphatic carbocycles. The zero-order valence-electron chi connectivity index (χ0n) is 12.9. The molecule has 4 nitrogen and oxygen atoms in total. The molecule has 3 aromatic rings. The molecule has 116 valence electrons. The third kappa shape index (κ3) is 3.16. The van der Waals surface area contributed by atoms with Crippen LogP contribution in [0.4, 0.5) is 0 Å². The van der Waals surface area contributed by atoms with Crippen LogP contribution in [0.15, 0.2) is 67.0 Å². The van der Waals surface area contributed by atoms with E-state index in [0.717, 1.165) is 11.3 Å². The van der Waals surface area contributed by atoms with E-state index in [4.69, 9.17) is 0 Å². The van der Waals surface area contributed by atoms with E-state index >= 15 is 0 Å². The highest BCUT2D eigenvalue weighted by Gasteiger charge is 2.21. The number of imidazole rings is 1. The maximum absolute atomic E-state index is 12.8. The minimum atomic E-state index is -0.270. The van der Waals surface area contributed by atoms with Gasteiger partial charge in [-0.15, -0.1) is 0 Å². The molecular weight excluding hydrogens is 288 g/mol. The SMILES string of the molecule is CC(Cc1ccccc1O)C(=O)c1nccn1-c1ccccc1. The Labute approximate surface area is 135 Å². The number of Topliss-reactive ketones (excluding diaryl/α,β-unsaturated/α-hetero) is 1. The molecule has 0 radical (unpaired) electrons. The molecule has 1 N–H and O–H groups in total. The van der Waals surface area contributed by atoms with Crippen LogP contribution in [0.1, 0.15) is 23.1 Å². The van der Waals surface area contributed by atoms with Crippen LogP contribution in [0.5, 0.6) is 5.75 Å². The molecule has 1 heterocycles. The van der Waals surface area contributed by atoms with E-state index < -0.39 is 0 Å². The Kier molecular flexibility index (Phi) is 4.24. The lowest BCUT2D eigenvalue weighted by molar-refractivity contribution is 0.0917. The van der Waals surface area contributed by atoms with Crippen LogP contribution in [0.2, 0.25) is 0 Å². The summed E-state index contributed by atoms with van der Waals surface area (Å²) in [6, 6.07) is 16.8. The zero-order valence-corrected chi connectivity index (χ0v) is 12.9. The summed E-state index contributed by atoms with van der Waals surface area (Å²) in [5.74, 6) is 0.327. The van der Waals surface area contributed by atoms with Crippen molar-refractivity contribution in [3.8, 4) is 11.4 Å². The number of nitrogens with zero attached hydrogens (tertiary/aromatic N) is 2. The van der Waals surface area contributed by atoms with Gasteiger partial charge in [0.1, 0.15) is 5.75 Å². The van der Waals surface area contributed by atoms with Crippen molar-refractivity contribution in [2.45, 2.75) is 13.3 Å². The summed E-state index contributed by atoms with van der Waals surface area (Å²) in [4.78, 5) is 17.0. The van der Waals surface area contributed by atoms with Gasteiger partial charge in [0.05, 0.1) is 0 Å². The second kappa shape index (κ2) is 6.48. The molecule has 23 heavy (non-hydrogen) atoms. The van der Waals surface area contributed by atoms with Crippen LogP contribution >= 0.6 is 0 Å². The second-order valence-electron chi connectivity index (χ2n) is 5.55. The van der Waals surface area contributed by atoms with Crippen LogP contribution in [0.25, 0.3) is 5.69 Å². The van der Waals surface area contributed by atoms with Crippen molar-refractivity contribution >= 4 is 5.78 Å². The first-order valence-corrected chi connectivity index (χ1v) is 7.56. The summed E-state index contributed by atoms with van der Waals surface area (Å²) in [5.41, 5.74) is 1.68. The monoisotopic (exact) mass is 306 g/mol. The number of hydrogen-bond donors (Lipinski definition) is 1. The Balaban J connectivity index is 1.84. The van der Waals surface area contributed by atoms with Crippen molar-refractivity contribution in [2.24, 2.45) is 5.92 Å². The Morgan fingerprint density at radius 3 is 2.57 bits per heavy atom. The summed E-state index contributed by atoms with van der Waals surface area (Å²) < 4.78 is 1.80. The van der Waals surface area contributed by atoms with Gasteiger partial charge in [0.2, 0.25) is 5.78 Å². The molecule has 1 atom stereocenters. The minimum absolute atomic E-state index is 0.0397. The first-order chi connectivity index (χ1) is 11.2. The van der Waals surface area contributed by atoms with E-state index in [1.807, 2.05) is 49.4 Å². The molecule has 0 saturated heterocycles. The average Bonchev–Trinajstić information content (AvgIpc) is 3.06. The molecular formula is C19H18N2O2. The fourth-order valence-electron chi connectivity index (χ4n) is 2.61. The lowest BCUT2D eigenvalue weighted by Crippen LogP contribution is -2.18. The van der Waals surface area contributed by atoms with Crippen LogP contribution in [-0.2, 0) is 6.42 Å². The summed E-state index contributed by atoms with van der Waals surface area (Å²) in [7, 11) is 0. The average molecular weight is 306 g/mol. The number of aromatic nitrogens is 2. The van der Waals surface area contributed by atoms with Gasteiger partial charge in [-0.3, -0.25) is 9.36 Å². The minimum Gasteiger partial charge on any atom is -0.508 e. The number of carbonyl (C=O) groups is 1. The van der Waals surface area contributed by atoms with Crippen molar-refractivity contribution < 1.29 is 9.90 Å². The largest absolute Gasteiger partial charge is 0.508 e. The quantitative estimate of drug-likeness (QED) is 0.732. The van der Waals surface area contributed by atoms with Gasteiger partial charge < -0.3 is 5.11 Å². The number of ketones is 1. The number of rotatable bonds is 5. The van der Waals surface area contributed by atoms with Crippen molar-refractivity contribution in [1.82, 2.24) is 9.55 Å². The van der Waals surface area contributed by atoms with Gasteiger partial charge in [0.25, 0.3) is 0 Å². The molecule has 0 bridgehead atoms. The highest BCUT2D eigenvalue weighted by atomic mass is 16.3. The molecule has 2 aromatic carbocycles. The molecule has 0 aliphatic heterocycles. The summed E-state index contributed by atoms with van der Waals surface area (Å²) in [6.07, 6.45) is 3.90. The van der Waals surface area contributed by atoms with Gasteiger partial charge in [0, 0.05) is 24.0 Å². The van der Waals surface area contributed by atoms with Crippen LogP contribution in [-0.4, -0.2) is 20.4 Å². The lowest BCUT2D eigenvalue weighted by Gasteiger charge is -2.13. The molecule has 0 saturated carbocycles.